The van der Waals surface area contributed by atoms with Gasteiger partial charge in [-0.15, -0.1) is 0 Å². The van der Waals surface area contributed by atoms with E-state index in [0.29, 0.717) is 40.5 Å². The lowest BCUT2D eigenvalue weighted by molar-refractivity contribution is -0.126. The second kappa shape index (κ2) is 9.39. The van der Waals surface area contributed by atoms with Gasteiger partial charge in [-0.05, 0) is 73.9 Å². The molecule has 0 spiro atoms. The number of para-hydroxylation sites is 1. The van der Waals surface area contributed by atoms with E-state index in [1.165, 1.54) is 0 Å². The highest BCUT2D eigenvalue weighted by Gasteiger charge is 2.29. The summed E-state index contributed by atoms with van der Waals surface area (Å²) in [4.78, 5) is 37.3. The van der Waals surface area contributed by atoms with Crippen molar-refractivity contribution in [2.24, 2.45) is 0 Å². The lowest BCUT2D eigenvalue weighted by atomic mass is 10.0. The fourth-order valence-corrected chi connectivity index (χ4v) is 4.61. The summed E-state index contributed by atoms with van der Waals surface area (Å²) in [7, 11) is 0. The first-order valence-electron chi connectivity index (χ1n) is 12.1. The van der Waals surface area contributed by atoms with Crippen molar-refractivity contribution < 1.29 is 23.2 Å². The van der Waals surface area contributed by atoms with Crippen molar-refractivity contribution in [3.8, 4) is 22.9 Å². The predicted octanol–water partition coefficient (Wildman–Crippen LogP) is 5.67. The second-order valence-electron chi connectivity index (χ2n) is 8.85. The number of furan rings is 2. The van der Waals surface area contributed by atoms with Crippen molar-refractivity contribution >= 4 is 28.6 Å². The number of anilines is 1. The van der Waals surface area contributed by atoms with Crippen LogP contribution in [0.15, 0.2) is 88.1 Å². The first kappa shape index (κ1) is 22.7. The number of hydrogen-bond acceptors (Lipinski definition) is 7. The van der Waals surface area contributed by atoms with E-state index in [-0.39, 0.29) is 11.5 Å². The number of carbonyl (C=O) groups is 2. The Bertz CT molecular complexity index is 1590. The normalized spacial score (nSPS) is 13.8. The fourth-order valence-electron chi connectivity index (χ4n) is 4.61. The summed E-state index contributed by atoms with van der Waals surface area (Å²) in [5.74, 6) is 0.222. The molecule has 3 aromatic heterocycles. The lowest BCUT2D eigenvalue weighted by Crippen LogP contribution is -2.42. The molecule has 0 saturated carbocycles. The third kappa shape index (κ3) is 4.27. The zero-order valence-corrected chi connectivity index (χ0v) is 20.1. The average molecular weight is 494 g/mol. The smallest absolute Gasteiger partial charge is 0.338 e. The Morgan fingerprint density at radius 1 is 0.892 bits per heavy atom. The van der Waals surface area contributed by atoms with Crippen LogP contribution in [0.5, 0.6) is 0 Å². The van der Waals surface area contributed by atoms with Gasteiger partial charge in [0, 0.05) is 12.2 Å². The Morgan fingerprint density at radius 3 is 2.30 bits per heavy atom. The van der Waals surface area contributed by atoms with Gasteiger partial charge in [-0.2, -0.15) is 0 Å². The number of benzene rings is 2. The van der Waals surface area contributed by atoms with Crippen LogP contribution < -0.4 is 4.90 Å². The van der Waals surface area contributed by atoms with Gasteiger partial charge in [-0.25, -0.2) is 14.8 Å². The highest BCUT2D eigenvalue weighted by molar-refractivity contribution is 6.00. The maximum atomic E-state index is 13.2. The Morgan fingerprint density at radius 2 is 1.59 bits per heavy atom. The molecule has 37 heavy (non-hydrogen) atoms. The highest BCUT2D eigenvalue weighted by atomic mass is 16.5. The Kier molecular flexibility index (Phi) is 5.76. The van der Waals surface area contributed by atoms with E-state index in [4.69, 9.17) is 23.5 Å². The van der Waals surface area contributed by atoms with Crippen molar-refractivity contribution in [3.63, 3.8) is 0 Å². The molecule has 2 aromatic carbocycles. The van der Waals surface area contributed by atoms with Crippen molar-refractivity contribution in [1.82, 2.24) is 9.97 Å². The molecule has 8 heteroatoms. The average Bonchev–Trinajstić information content (AvgIpc) is 3.66. The largest absolute Gasteiger partial charge is 0.463 e. The molecular formula is C29H23N3O5. The van der Waals surface area contributed by atoms with Gasteiger partial charge in [0.25, 0.3) is 5.91 Å². The minimum absolute atomic E-state index is 0.246. The fraction of sp³-hybridized carbons (Fsp3) is 0.172. The molecular weight excluding hydrogens is 470 g/mol. The molecule has 1 aliphatic heterocycles. The standard InChI is InChI=1S/C29H23N3O5/c1-18(28(33)32-14-4-8-19-7-2-3-9-23(19)32)37-29(34)20-12-13-21-22(17-20)31-27(25-11-6-16-36-25)26(30-21)24-10-5-15-35-24/h2-3,5-7,9-13,15-18H,4,8,14H2,1H3. The Labute approximate surface area is 212 Å². The molecule has 1 atom stereocenters. The van der Waals surface area contributed by atoms with Crippen LogP contribution in [0.25, 0.3) is 33.9 Å². The molecule has 0 saturated heterocycles. The number of aromatic nitrogens is 2. The van der Waals surface area contributed by atoms with Crippen molar-refractivity contribution in [1.29, 1.82) is 0 Å². The molecule has 184 valence electrons. The first-order valence-corrected chi connectivity index (χ1v) is 12.1. The number of rotatable bonds is 5. The highest BCUT2D eigenvalue weighted by Crippen LogP contribution is 2.32. The molecule has 8 nitrogen and oxygen atoms in total. The second-order valence-corrected chi connectivity index (χ2v) is 8.85. The van der Waals surface area contributed by atoms with Crippen LogP contribution >= 0.6 is 0 Å². The van der Waals surface area contributed by atoms with Gasteiger partial charge in [-0.1, -0.05) is 18.2 Å². The van der Waals surface area contributed by atoms with E-state index in [1.54, 1.807) is 66.8 Å². The van der Waals surface area contributed by atoms with Crippen LogP contribution in [0.3, 0.4) is 0 Å². The van der Waals surface area contributed by atoms with Gasteiger partial charge in [0.05, 0.1) is 29.1 Å². The molecule has 0 aliphatic carbocycles. The first-order chi connectivity index (χ1) is 18.1. The van der Waals surface area contributed by atoms with Gasteiger partial charge in [0.15, 0.2) is 17.6 Å². The zero-order chi connectivity index (χ0) is 25.4. The van der Waals surface area contributed by atoms with E-state index in [0.717, 1.165) is 24.1 Å². The molecule has 6 rings (SSSR count). The van der Waals surface area contributed by atoms with Crippen LogP contribution in [-0.2, 0) is 16.0 Å². The van der Waals surface area contributed by atoms with Gasteiger partial charge >= 0.3 is 5.97 Å². The Balaban J connectivity index is 1.27. The van der Waals surface area contributed by atoms with E-state index in [9.17, 15) is 9.59 Å². The number of hydrogen-bond donors (Lipinski definition) is 0. The zero-order valence-electron chi connectivity index (χ0n) is 20.1. The third-order valence-electron chi connectivity index (χ3n) is 6.42. The minimum Gasteiger partial charge on any atom is -0.463 e. The quantitative estimate of drug-likeness (QED) is 0.291. The number of nitrogens with zero attached hydrogens (tertiary/aromatic N) is 3. The molecule has 5 aromatic rings. The van der Waals surface area contributed by atoms with E-state index in [1.807, 2.05) is 24.3 Å². The maximum absolute atomic E-state index is 13.2. The van der Waals surface area contributed by atoms with Gasteiger partial charge in [0.1, 0.15) is 11.4 Å². The summed E-state index contributed by atoms with van der Waals surface area (Å²) in [6.07, 6.45) is 3.97. The van der Waals surface area contributed by atoms with Crippen LogP contribution in [0.4, 0.5) is 5.69 Å². The number of fused-ring (bicyclic) bond motifs is 2. The topological polar surface area (TPSA) is 98.7 Å². The molecule has 0 fully saturated rings. The Hall–Kier alpha value is -4.72. The summed E-state index contributed by atoms with van der Waals surface area (Å²) in [6.45, 7) is 2.19. The van der Waals surface area contributed by atoms with E-state index < -0.39 is 12.1 Å². The minimum atomic E-state index is -0.944. The molecule has 0 bridgehead atoms. The number of esters is 1. The van der Waals surface area contributed by atoms with Crippen LogP contribution in [0.1, 0.15) is 29.3 Å². The summed E-state index contributed by atoms with van der Waals surface area (Å²) in [5, 5.41) is 0. The molecule has 1 unspecified atom stereocenters. The van der Waals surface area contributed by atoms with Crippen molar-refractivity contribution in [2.75, 3.05) is 11.4 Å². The number of carbonyl (C=O) groups excluding carboxylic acids is 2. The van der Waals surface area contributed by atoms with Crippen molar-refractivity contribution in [3.05, 3.63) is 90.4 Å². The monoisotopic (exact) mass is 493 g/mol. The maximum Gasteiger partial charge on any atom is 0.338 e. The van der Waals surface area contributed by atoms with Gasteiger partial charge in [0.2, 0.25) is 0 Å². The van der Waals surface area contributed by atoms with E-state index >= 15 is 0 Å². The third-order valence-corrected chi connectivity index (χ3v) is 6.42. The molecule has 1 aliphatic rings. The number of aryl methyl sites for hydroxylation is 1. The molecule has 4 heterocycles. The number of ether oxygens (including phenoxy) is 1. The summed E-state index contributed by atoms with van der Waals surface area (Å²) >= 11 is 0. The predicted molar refractivity (Wildman–Crippen MR) is 137 cm³/mol. The summed E-state index contributed by atoms with van der Waals surface area (Å²) in [6, 6.07) is 19.9. The van der Waals surface area contributed by atoms with Crippen LogP contribution in [-0.4, -0.2) is 34.5 Å². The molecule has 1 amide bonds. The summed E-state index contributed by atoms with van der Waals surface area (Å²) in [5.41, 5.74) is 4.36. The molecule has 0 radical (unpaired) electrons. The lowest BCUT2D eigenvalue weighted by Gasteiger charge is -2.31. The number of amides is 1. The van der Waals surface area contributed by atoms with Crippen LogP contribution in [0, 0.1) is 0 Å². The molecule has 0 N–H and O–H groups in total. The van der Waals surface area contributed by atoms with Crippen molar-refractivity contribution in [2.45, 2.75) is 25.9 Å². The SMILES string of the molecule is CC(OC(=O)c1ccc2nc(-c3ccco3)c(-c3ccco3)nc2c1)C(=O)N1CCCc2ccccc21. The van der Waals surface area contributed by atoms with E-state index in [2.05, 4.69) is 0 Å². The van der Waals surface area contributed by atoms with Crippen LogP contribution in [0.2, 0.25) is 0 Å². The van der Waals surface area contributed by atoms with Gasteiger partial charge in [-0.3, -0.25) is 4.79 Å². The summed E-state index contributed by atoms with van der Waals surface area (Å²) < 4.78 is 16.7. The van der Waals surface area contributed by atoms with Gasteiger partial charge < -0.3 is 18.5 Å².